The predicted molar refractivity (Wildman–Crippen MR) is 79.5 cm³/mol. The van der Waals surface area contributed by atoms with Crippen molar-refractivity contribution >= 4 is 17.5 Å². The monoisotopic (exact) mass is 335 g/mol. The maximum atomic E-state index is 11.6. The second-order valence-corrected chi connectivity index (χ2v) is 4.36. The second kappa shape index (κ2) is 7.63. The zero-order valence-corrected chi connectivity index (χ0v) is 12.5. The lowest BCUT2D eigenvalue weighted by Gasteiger charge is -2.09. The second-order valence-electron chi connectivity index (χ2n) is 4.36. The number of nitro benzene ring substituents is 1. The first-order chi connectivity index (χ1) is 11.5. The van der Waals surface area contributed by atoms with Gasteiger partial charge in [0.15, 0.2) is 18.1 Å². The molecule has 0 aliphatic heterocycles. The lowest BCUT2D eigenvalue weighted by molar-refractivity contribution is -0.385. The Labute approximate surface area is 135 Å². The summed E-state index contributed by atoms with van der Waals surface area (Å²) >= 11 is 0. The Bertz CT molecular complexity index is 743. The van der Waals surface area contributed by atoms with Crippen LogP contribution in [0.3, 0.4) is 0 Å². The Morgan fingerprint density at radius 3 is 2.71 bits per heavy atom. The van der Waals surface area contributed by atoms with E-state index in [1.807, 2.05) is 0 Å². The van der Waals surface area contributed by atoms with Gasteiger partial charge in [0.25, 0.3) is 5.91 Å². The summed E-state index contributed by atoms with van der Waals surface area (Å²) in [6.07, 6.45) is 1.31. The van der Waals surface area contributed by atoms with Crippen molar-refractivity contribution < 1.29 is 28.4 Å². The molecule has 0 spiro atoms. The van der Waals surface area contributed by atoms with Crippen LogP contribution in [0.2, 0.25) is 0 Å². The molecule has 10 heteroatoms. The highest BCUT2D eigenvalue weighted by Gasteiger charge is 2.18. The smallest absolute Gasteiger partial charge is 0.314 e. The number of hydrogen-bond donors (Lipinski definition) is 2. The molecule has 1 aromatic carbocycles. The highest BCUT2D eigenvalue weighted by atomic mass is 16.6. The Hall–Kier alpha value is -3.56. The summed E-state index contributed by atoms with van der Waals surface area (Å²) in [6.45, 7) is -0.536. The summed E-state index contributed by atoms with van der Waals surface area (Å²) in [5.74, 6) is -1.16. The zero-order valence-electron chi connectivity index (χ0n) is 12.5. The predicted octanol–water partition coefficient (Wildman–Crippen LogP) is 1.04. The van der Waals surface area contributed by atoms with Crippen molar-refractivity contribution in [3.05, 3.63) is 52.5 Å². The van der Waals surface area contributed by atoms with Crippen LogP contribution in [-0.4, -0.2) is 30.5 Å². The molecule has 1 aromatic heterocycles. The van der Waals surface area contributed by atoms with Crippen LogP contribution < -0.4 is 20.3 Å². The van der Waals surface area contributed by atoms with Gasteiger partial charge in [0.1, 0.15) is 5.75 Å². The van der Waals surface area contributed by atoms with Crippen LogP contribution in [0.1, 0.15) is 10.6 Å². The molecular formula is C14H13N3O7. The quantitative estimate of drug-likeness (QED) is 0.595. The van der Waals surface area contributed by atoms with Gasteiger partial charge in [-0.1, -0.05) is 0 Å². The molecule has 0 aliphatic rings. The van der Waals surface area contributed by atoms with Gasteiger partial charge in [0.05, 0.1) is 24.4 Å². The lowest BCUT2D eigenvalue weighted by atomic mass is 10.3. The number of carbonyl (C=O) groups is 2. The largest absolute Gasteiger partial charge is 0.496 e. The molecule has 1 heterocycles. The van der Waals surface area contributed by atoms with Gasteiger partial charge in [-0.15, -0.1) is 0 Å². The number of furan rings is 1. The fraction of sp³-hybridized carbons (Fsp3) is 0.143. The van der Waals surface area contributed by atoms with Gasteiger partial charge in [-0.3, -0.25) is 30.6 Å². The van der Waals surface area contributed by atoms with E-state index in [9.17, 15) is 19.7 Å². The minimum atomic E-state index is -0.708. The maximum absolute atomic E-state index is 11.6. The molecule has 0 saturated heterocycles. The number of rotatable bonds is 6. The van der Waals surface area contributed by atoms with E-state index in [2.05, 4.69) is 10.9 Å². The molecule has 0 saturated carbocycles. The molecule has 0 radical (unpaired) electrons. The number of nitro groups is 1. The van der Waals surface area contributed by atoms with E-state index in [4.69, 9.17) is 13.9 Å². The van der Waals surface area contributed by atoms with Crippen LogP contribution in [0.4, 0.5) is 5.69 Å². The number of nitrogens with zero attached hydrogens (tertiary/aromatic N) is 1. The minimum Gasteiger partial charge on any atom is -0.496 e. The van der Waals surface area contributed by atoms with Crippen LogP contribution >= 0.6 is 0 Å². The van der Waals surface area contributed by atoms with Crippen LogP contribution in [-0.2, 0) is 4.79 Å². The number of ether oxygens (including phenoxy) is 2. The molecule has 0 aliphatic carbocycles. The van der Waals surface area contributed by atoms with Gasteiger partial charge in [-0.25, -0.2) is 0 Å². The van der Waals surface area contributed by atoms with E-state index in [1.165, 1.54) is 43.7 Å². The first kappa shape index (κ1) is 16.8. The fourth-order valence-corrected chi connectivity index (χ4v) is 1.66. The molecule has 0 atom stereocenters. The molecule has 0 unspecified atom stereocenters. The summed E-state index contributed by atoms with van der Waals surface area (Å²) in [7, 11) is 1.37. The summed E-state index contributed by atoms with van der Waals surface area (Å²) in [6, 6.07) is 6.87. The highest BCUT2D eigenvalue weighted by Crippen LogP contribution is 2.30. The van der Waals surface area contributed by atoms with Crippen molar-refractivity contribution in [3.8, 4) is 11.5 Å². The molecule has 2 amide bonds. The molecule has 2 rings (SSSR count). The molecule has 0 bridgehead atoms. The van der Waals surface area contributed by atoms with Crippen LogP contribution in [0.25, 0.3) is 0 Å². The van der Waals surface area contributed by atoms with E-state index >= 15 is 0 Å². The number of methoxy groups -OCH3 is 1. The minimum absolute atomic E-state index is 0.0158. The van der Waals surface area contributed by atoms with Gasteiger partial charge in [-0.05, 0) is 24.3 Å². The van der Waals surface area contributed by atoms with Gasteiger partial charge >= 0.3 is 11.6 Å². The summed E-state index contributed by atoms with van der Waals surface area (Å²) < 4.78 is 14.8. The van der Waals surface area contributed by atoms with Gasteiger partial charge in [0, 0.05) is 0 Å². The molecule has 126 valence electrons. The third kappa shape index (κ3) is 4.22. The van der Waals surface area contributed by atoms with E-state index in [0.29, 0.717) is 0 Å². The molecule has 10 nitrogen and oxygen atoms in total. The van der Waals surface area contributed by atoms with Crippen molar-refractivity contribution in [1.82, 2.24) is 10.9 Å². The maximum Gasteiger partial charge on any atom is 0.314 e. The van der Waals surface area contributed by atoms with Gasteiger partial charge < -0.3 is 13.9 Å². The van der Waals surface area contributed by atoms with E-state index < -0.39 is 23.3 Å². The summed E-state index contributed by atoms with van der Waals surface area (Å²) in [5, 5.41) is 11.0. The van der Waals surface area contributed by atoms with Crippen molar-refractivity contribution in [2.75, 3.05) is 13.7 Å². The summed E-state index contributed by atoms with van der Waals surface area (Å²) in [4.78, 5) is 33.5. The van der Waals surface area contributed by atoms with Gasteiger partial charge in [0.2, 0.25) is 0 Å². The van der Waals surface area contributed by atoms with Crippen LogP contribution in [0.5, 0.6) is 11.5 Å². The third-order valence-corrected chi connectivity index (χ3v) is 2.78. The number of benzene rings is 1. The number of hydrogen-bond acceptors (Lipinski definition) is 7. The molecule has 2 aromatic rings. The molecule has 0 fully saturated rings. The topological polar surface area (TPSA) is 133 Å². The highest BCUT2D eigenvalue weighted by molar-refractivity contribution is 5.93. The van der Waals surface area contributed by atoms with Crippen LogP contribution in [0.15, 0.2) is 41.0 Å². The van der Waals surface area contributed by atoms with Crippen molar-refractivity contribution in [2.24, 2.45) is 0 Å². The van der Waals surface area contributed by atoms with Crippen molar-refractivity contribution in [2.45, 2.75) is 0 Å². The average molecular weight is 335 g/mol. The van der Waals surface area contributed by atoms with Crippen molar-refractivity contribution in [3.63, 3.8) is 0 Å². The van der Waals surface area contributed by atoms with E-state index in [1.54, 1.807) is 0 Å². The number of carbonyl (C=O) groups excluding carboxylic acids is 2. The SMILES string of the molecule is COc1ccc(OCC(=O)NNC(=O)c2ccco2)c([N+](=O)[O-])c1. The molecular weight excluding hydrogens is 322 g/mol. The average Bonchev–Trinajstić information content (AvgIpc) is 3.12. The van der Waals surface area contributed by atoms with Gasteiger partial charge in [-0.2, -0.15) is 0 Å². The Kier molecular flexibility index (Phi) is 5.34. The van der Waals surface area contributed by atoms with Crippen LogP contribution in [0, 0.1) is 10.1 Å². The third-order valence-electron chi connectivity index (χ3n) is 2.78. The first-order valence-corrected chi connectivity index (χ1v) is 6.59. The van der Waals surface area contributed by atoms with Crippen molar-refractivity contribution in [1.29, 1.82) is 0 Å². The first-order valence-electron chi connectivity index (χ1n) is 6.59. The molecule has 24 heavy (non-hydrogen) atoms. The van der Waals surface area contributed by atoms with E-state index in [-0.39, 0.29) is 22.9 Å². The molecule has 2 N–H and O–H groups in total. The summed E-state index contributed by atoms with van der Waals surface area (Å²) in [5.41, 5.74) is 3.86. The van der Waals surface area contributed by atoms with E-state index in [0.717, 1.165) is 0 Å². The standard InChI is InChI=1S/C14H13N3O7/c1-22-9-4-5-11(10(7-9)17(20)21)24-8-13(18)15-16-14(19)12-3-2-6-23-12/h2-7H,8H2,1H3,(H,15,18)(H,16,19). The number of nitrogens with one attached hydrogen (secondary N) is 2. The Morgan fingerprint density at radius 2 is 2.08 bits per heavy atom. The number of amides is 2. The lowest BCUT2D eigenvalue weighted by Crippen LogP contribution is -2.43. The Balaban J connectivity index is 1.89. The Morgan fingerprint density at radius 1 is 1.29 bits per heavy atom. The normalized spacial score (nSPS) is 9.88. The fourth-order valence-electron chi connectivity index (χ4n) is 1.66. The zero-order chi connectivity index (χ0) is 17.5. The number of hydrazine groups is 1.